The average molecular weight is 280 g/mol. The number of hydrogen-bond acceptors (Lipinski definition) is 3. The first-order chi connectivity index (χ1) is 9.60. The summed E-state index contributed by atoms with van der Waals surface area (Å²) in [6, 6.07) is 2.67. The lowest BCUT2D eigenvalue weighted by atomic mass is 10.1. The molecule has 0 aliphatic carbocycles. The average Bonchev–Trinajstić information content (AvgIpc) is 2.85. The molecular formula is C15H18F2N2O. The van der Waals surface area contributed by atoms with Gasteiger partial charge in [0.15, 0.2) is 0 Å². The molecule has 0 bridgehead atoms. The molecule has 2 fully saturated rings. The quantitative estimate of drug-likeness (QED) is 0.777. The van der Waals surface area contributed by atoms with Gasteiger partial charge in [0.05, 0.1) is 0 Å². The van der Waals surface area contributed by atoms with Crippen molar-refractivity contribution < 1.29 is 13.6 Å². The Morgan fingerprint density at radius 3 is 2.60 bits per heavy atom. The van der Waals surface area contributed by atoms with E-state index in [-0.39, 0.29) is 17.3 Å². The molecule has 20 heavy (non-hydrogen) atoms. The molecule has 0 aromatic heterocycles. The zero-order valence-corrected chi connectivity index (χ0v) is 11.5. The number of hydrogen-bond donors (Lipinski definition) is 0. The number of aldehydes is 1. The third-order valence-corrected chi connectivity index (χ3v) is 4.40. The van der Waals surface area contributed by atoms with Gasteiger partial charge in [-0.2, -0.15) is 0 Å². The summed E-state index contributed by atoms with van der Waals surface area (Å²) in [5.41, 5.74) is 0.0468. The summed E-state index contributed by atoms with van der Waals surface area (Å²) in [5.74, 6) is -1.30. The first kappa shape index (κ1) is 13.5. The molecule has 0 amide bonds. The summed E-state index contributed by atoms with van der Waals surface area (Å²) in [4.78, 5) is 14.9. The Morgan fingerprint density at radius 1 is 1.25 bits per heavy atom. The number of carbonyl (C=O) groups excluding carboxylic acids is 1. The molecule has 2 unspecified atom stereocenters. The molecule has 1 aromatic rings. The summed E-state index contributed by atoms with van der Waals surface area (Å²) in [5, 5.41) is 0. The lowest BCUT2D eigenvalue weighted by molar-refractivity contribution is 0.112. The topological polar surface area (TPSA) is 23.6 Å². The molecule has 5 heteroatoms. The molecule has 3 nitrogen and oxygen atoms in total. The van der Waals surface area contributed by atoms with Crippen LogP contribution in [-0.4, -0.2) is 42.9 Å². The van der Waals surface area contributed by atoms with Crippen LogP contribution in [0.2, 0.25) is 0 Å². The van der Waals surface area contributed by atoms with Crippen molar-refractivity contribution in [2.45, 2.75) is 31.8 Å². The van der Waals surface area contributed by atoms with E-state index in [0.717, 1.165) is 38.1 Å². The predicted molar refractivity (Wildman–Crippen MR) is 73.1 cm³/mol. The molecule has 2 heterocycles. The van der Waals surface area contributed by atoms with Crippen LogP contribution >= 0.6 is 0 Å². The van der Waals surface area contributed by atoms with Crippen LogP contribution in [0, 0.1) is 11.6 Å². The van der Waals surface area contributed by atoms with Crippen LogP contribution in [-0.2, 0) is 0 Å². The van der Waals surface area contributed by atoms with Gasteiger partial charge in [-0.15, -0.1) is 0 Å². The Hall–Kier alpha value is -1.49. The maximum atomic E-state index is 14.1. The first-order valence-corrected chi connectivity index (χ1v) is 7.05. The van der Waals surface area contributed by atoms with Crippen molar-refractivity contribution in [1.82, 2.24) is 4.90 Å². The fourth-order valence-corrected chi connectivity index (χ4v) is 3.43. The van der Waals surface area contributed by atoms with Gasteiger partial charge < -0.3 is 4.90 Å². The number of carbonyl (C=O) groups is 1. The molecule has 0 N–H and O–H groups in total. The molecular weight excluding hydrogens is 262 g/mol. The number of benzene rings is 1. The van der Waals surface area contributed by atoms with Gasteiger partial charge in [0.25, 0.3) is 0 Å². The number of halogens is 2. The minimum Gasteiger partial charge on any atom is -0.361 e. The number of rotatable bonds is 2. The van der Waals surface area contributed by atoms with Crippen LogP contribution in [0.4, 0.5) is 14.5 Å². The van der Waals surface area contributed by atoms with Crippen molar-refractivity contribution in [3.8, 4) is 0 Å². The van der Waals surface area contributed by atoms with Gasteiger partial charge in [0, 0.05) is 30.7 Å². The van der Waals surface area contributed by atoms with Gasteiger partial charge in [-0.05, 0) is 38.4 Å². The van der Waals surface area contributed by atoms with E-state index in [4.69, 9.17) is 0 Å². The van der Waals surface area contributed by atoms with Crippen LogP contribution in [0.3, 0.4) is 0 Å². The molecule has 2 atom stereocenters. The highest BCUT2D eigenvalue weighted by Crippen LogP contribution is 2.32. The second kappa shape index (κ2) is 5.13. The molecule has 1 aromatic carbocycles. The number of nitrogens with zero attached hydrogens (tertiary/aromatic N) is 2. The van der Waals surface area contributed by atoms with Crippen molar-refractivity contribution in [1.29, 1.82) is 0 Å². The molecule has 2 aliphatic rings. The maximum absolute atomic E-state index is 14.1. The third kappa shape index (κ3) is 2.20. The summed E-state index contributed by atoms with van der Waals surface area (Å²) in [6.45, 7) is 4.55. The van der Waals surface area contributed by atoms with Crippen LogP contribution in [0.15, 0.2) is 12.1 Å². The fraction of sp³-hybridized carbons (Fsp3) is 0.533. The third-order valence-electron chi connectivity index (χ3n) is 4.40. The zero-order chi connectivity index (χ0) is 14.3. The van der Waals surface area contributed by atoms with Gasteiger partial charge in [-0.3, -0.25) is 9.69 Å². The summed E-state index contributed by atoms with van der Waals surface area (Å²) in [7, 11) is 0. The Kier molecular flexibility index (Phi) is 3.46. The van der Waals surface area contributed by atoms with Crippen molar-refractivity contribution in [2.75, 3.05) is 24.5 Å². The highest BCUT2D eigenvalue weighted by atomic mass is 19.1. The van der Waals surface area contributed by atoms with Crippen molar-refractivity contribution in [3.63, 3.8) is 0 Å². The van der Waals surface area contributed by atoms with Gasteiger partial charge >= 0.3 is 0 Å². The fourth-order valence-electron chi connectivity index (χ4n) is 3.43. The number of anilines is 1. The van der Waals surface area contributed by atoms with Gasteiger partial charge in [0.1, 0.15) is 23.6 Å². The largest absolute Gasteiger partial charge is 0.361 e. The molecule has 0 spiro atoms. The van der Waals surface area contributed by atoms with E-state index in [1.165, 1.54) is 0 Å². The lowest BCUT2D eigenvalue weighted by Gasteiger charge is -2.43. The standard InChI is InChI=1S/C15H18F2N2O/c1-10-7-18-4-2-3-12(18)8-19(10)15-13(16)5-11(9-20)6-14(15)17/h5-6,9-10,12H,2-4,7-8H2,1H3. The molecule has 2 aliphatic heterocycles. The highest BCUT2D eigenvalue weighted by Gasteiger charge is 2.36. The smallest absolute Gasteiger partial charge is 0.150 e. The number of piperazine rings is 1. The summed E-state index contributed by atoms with van der Waals surface area (Å²) in [6.07, 6.45) is 2.70. The van der Waals surface area contributed by atoms with Gasteiger partial charge in [0.2, 0.25) is 0 Å². The van der Waals surface area contributed by atoms with E-state index in [1.54, 1.807) is 0 Å². The monoisotopic (exact) mass is 280 g/mol. The normalized spacial score (nSPS) is 26.6. The van der Waals surface area contributed by atoms with Crippen LogP contribution in [0.1, 0.15) is 30.1 Å². The second-order valence-electron chi connectivity index (χ2n) is 5.74. The first-order valence-electron chi connectivity index (χ1n) is 7.05. The van der Waals surface area contributed by atoms with E-state index in [2.05, 4.69) is 4.90 Å². The lowest BCUT2D eigenvalue weighted by Crippen LogP contribution is -2.55. The van der Waals surface area contributed by atoms with Gasteiger partial charge in [-0.25, -0.2) is 8.78 Å². The van der Waals surface area contributed by atoms with Gasteiger partial charge in [-0.1, -0.05) is 0 Å². The predicted octanol–water partition coefficient (Wildman–Crippen LogP) is 2.45. The molecule has 0 radical (unpaired) electrons. The molecule has 0 saturated carbocycles. The van der Waals surface area contributed by atoms with Crippen LogP contribution < -0.4 is 4.90 Å². The second-order valence-corrected chi connectivity index (χ2v) is 5.74. The highest BCUT2D eigenvalue weighted by molar-refractivity contribution is 5.76. The van der Waals surface area contributed by atoms with E-state index in [1.807, 2.05) is 11.8 Å². The Balaban J connectivity index is 1.94. The maximum Gasteiger partial charge on any atom is 0.150 e. The minimum absolute atomic E-state index is 0.00894. The SMILES string of the molecule is CC1CN2CCCC2CN1c1c(F)cc(C=O)cc1F. The van der Waals surface area contributed by atoms with Crippen LogP contribution in [0.5, 0.6) is 0 Å². The zero-order valence-electron chi connectivity index (χ0n) is 11.5. The van der Waals surface area contributed by atoms with Crippen molar-refractivity contribution >= 4 is 12.0 Å². The van der Waals surface area contributed by atoms with Crippen molar-refractivity contribution in [2.24, 2.45) is 0 Å². The van der Waals surface area contributed by atoms with E-state index >= 15 is 0 Å². The summed E-state index contributed by atoms with van der Waals surface area (Å²) < 4.78 is 28.3. The minimum atomic E-state index is -0.648. The van der Waals surface area contributed by atoms with E-state index in [0.29, 0.717) is 18.9 Å². The van der Waals surface area contributed by atoms with E-state index < -0.39 is 11.6 Å². The Labute approximate surface area is 117 Å². The van der Waals surface area contributed by atoms with Crippen molar-refractivity contribution in [3.05, 3.63) is 29.3 Å². The Bertz CT molecular complexity index is 512. The number of fused-ring (bicyclic) bond motifs is 1. The van der Waals surface area contributed by atoms with E-state index in [9.17, 15) is 13.6 Å². The van der Waals surface area contributed by atoms with Crippen LogP contribution in [0.25, 0.3) is 0 Å². The molecule has 2 saturated heterocycles. The summed E-state index contributed by atoms with van der Waals surface area (Å²) >= 11 is 0. The Morgan fingerprint density at radius 2 is 1.95 bits per heavy atom. The molecule has 3 rings (SSSR count). The molecule has 108 valence electrons.